The zero-order valence-corrected chi connectivity index (χ0v) is 10.5. The fraction of sp³-hybridized carbons (Fsp3) is 0.222. The monoisotopic (exact) mass is 190 g/mol. The minimum atomic E-state index is -0.256. The van der Waals surface area contributed by atoms with Crippen molar-refractivity contribution in [2.75, 3.05) is 6.61 Å². The number of carbonyl (C=O) groups is 1. The molecule has 0 unspecified atom stereocenters. The average Bonchev–Trinajstić information content (AvgIpc) is 2.07. The van der Waals surface area contributed by atoms with Gasteiger partial charge < -0.3 is 6.16 Å². The molecule has 0 heterocycles. The van der Waals surface area contributed by atoms with Gasteiger partial charge in [-0.05, 0) is 19.1 Å². The van der Waals surface area contributed by atoms with Crippen LogP contribution in [-0.4, -0.2) is 12.6 Å². The maximum atomic E-state index is 11.0. The van der Waals surface area contributed by atoms with Crippen LogP contribution in [0.4, 0.5) is 0 Å². The Labute approximate surface area is 116 Å². The number of ether oxygens (including phenoxy) is 1. The number of hydrogen-bond acceptors (Lipinski definition) is 2. The summed E-state index contributed by atoms with van der Waals surface area (Å²) in [7, 11) is 0. The molecule has 0 N–H and O–H groups in total. The summed E-state index contributed by atoms with van der Waals surface area (Å²) < 4.78 is 4.79. The van der Waals surface area contributed by atoms with Crippen molar-refractivity contribution in [3.8, 4) is 0 Å². The zero-order chi connectivity index (χ0) is 8.10. The van der Waals surface area contributed by atoms with Gasteiger partial charge in [-0.3, -0.25) is 0 Å². The Morgan fingerprint density at radius 2 is 2.00 bits per heavy atom. The third-order valence-corrected chi connectivity index (χ3v) is 1.28. The smallest absolute Gasteiger partial charge is 1.00 e. The Kier molecular flexibility index (Phi) is 6.99. The maximum Gasteiger partial charge on any atom is 1.00 e. The van der Waals surface area contributed by atoms with Gasteiger partial charge in [-0.1, -0.05) is 18.2 Å². The van der Waals surface area contributed by atoms with E-state index in [9.17, 15) is 4.79 Å². The van der Waals surface area contributed by atoms with Crippen molar-refractivity contribution in [3.63, 3.8) is 0 Å². The number of esters is 1. The molecule has 0 bridgehead atoms. The van der Waals surface area contributed by atoms with Gasteiger partial charge in [-0.15, -0.1) is 0 Å². The normalized spacial score (nSPS) is 8.42. The molecule has 0 fully saturated rings. The summed E-state index contributed by atoms with van der Waals surface area (Å²) in [6.07, 6.45) is 0. The predicted molar refractivity (Wildman–Crippen MR) is 43.5 cm³/mol. The third kappa shape index (κ3) is 3.82. The number of rotatable bonds is 2. The molecule has 2 nitrogen and oxygen atoms in total. The SMILES string of the molecule is CCOC(=O)c1ccccc1.[H-].[K+]. The molecule has 0 aromatic heterocycles. The van der Waals surface area contributed by atoms with Crippen molar-refractivity contribution in [2.24, 2.45) is 0 Å². The van der Waals surface area contributed by atoms with Gasteiger partial charge in [0.15, 0.2) is 0 Å². The molecule has 3 heteroatoms. The van der Waals surface area contributed by atoms with Crippen LogP contribution >= 0.6 is 0 Å². The van der Waals surface area contributed by atoms with Crippen LogP contribution in [0.5, 0.6) is 0 Å². The molecule has 0 atom stereocenters. The summed E-state index contributed by atoms with van der Waals surface area (Å²) >= 11 is 0. The van der Waals surface area contributed by atoms with E-state index in [4.69, 9.17) is 4.74 Å². The van der Waals surface area contributed by atoms with E-state index in [0.717, 1.165) is 0 Å². The van der Waals surface area contributed by atoms with Crippen molar-refractivity contribution in [2.45, 2.75) is 6.92 Å². The zero-order valence-electron chi connectivity index (χ0n) is 8.41. The van der Waals surface area contributed by atoms with Gasteiger partial charge in [0, 0.05) is 0 Å². The van der Waals surface area contributed by atoms with E-state index in [0.29, 0.717) is 12.2 Å². The largest absolute Gasteiger partial charge is 1.00 e. The quantitative estimate of drug-likeness (QED) is 0.441. The molecule has 0 aliphatic heterocycles. The summed E-state index contributed by atoms with van der Waals surface area (Å²) in [6, 6.07) is 8.96. The van der Waals surface area contributed by atoms with Crippen LogP contribution in [0.2, 0.25) is 0 Å². The Morgan fingerprint density at radius 3 is 2.50 bits per heavy atom. The van der Waals surface area contributed by atoms with Gasteiger partial charge in [0.25, 0.3) is 0 Å². The minimum absolute atomic E-state index is 0. The molecule has 0 saturated carbocycles. The molecule has 0 amide bonds. The number of carbonyl (C=O) groups excluding carboxylic acids is 1. The second kappa shape index (κ2) is 6.80. The molecule has 0 aliphatic carbocycles. The Hall–Kier alpha value is 0.326. The van der Waals surface area contributed by atoms with Gasteiger partial charge in [0.1, 0.15) is 0 Å². The first-order valence-electron chi connectivity index (χ1n) is 3.56. The van der Waals surface area contributed by atoms with Crippen molar-refractivity contribution in [1.29, 1.82) is 0 Å². The fourth-order valence-corrected chi connectivity index (χ4v) is 0.789. The van der Waals surface area contributed by atoms with E-state index in [-0.39, 0.29) is 58.8 Å². The van der Waals surface area contributed by atoms with Gasteiger partial charge in [0.05, 0.1) is 12.2 Å². The summed E-state index contributed by atoms with van der Waals surface area (Å²) in [5.74, 6) is -0.256. The third-order valence-electron chi connectivity index (χ3n) is 1.28. The van der Waals surface area contributed by atoms with Crippen LogP contribution in [-0.2, 0) is 4.74 Å². The van der Waals surface area contributed by atoms with Crippen LogP contribution in [0.25, 0.3) is 0 Å². The van der Waals surface area contributed by atoms with E-state index in [1.165, 1.54) is 0 Å². The Bertz CT molecular complexity index is 239. The molecule has 0 spiro atoms. The van der Waals surface area contributed by atoms with Crippen LogP contribution in [0.1, 0.15) is 18.7 Å². The molecule has 1 aromatic carbocycles. The van der Waals surface area contributed by atoms with Gasteiger partial charge in [0.2, 0.25) is 0 Å². The average molecular weight is 190 g/mol. The van der Waals surface area contributed by atoms with Crippen molar-refractivity contribution >= 4 is 5.97 Å². The molecular weight excluding hydrogens is 179 g/mol. The first-order chi connectivity index (χ1) is 5.34. The molecule has 1 aromatic rings. The predicted octanol–water partition coefficient (Wildman–Crippen LogP) is -1.02. The molecule has 1 rings (SSSR count). The minimum Gasteiger partial charge on any atom is -1.00 e. The van der Waals surface area contributed by atoms with Crippen LogP contribution < -0.4 is 51.4 Å². The van der Waals surface area contributed by atoms with Gasteiger partial charge in [-0.25, -0.2) is 4.79 Å². The van der Waals surface area contributed by atoms with E-state index >= 15 is 0 Å². The topological polar surface area (TPSA) is 26.3 Å². The maximum absolute atomic E-state index is 11.0. The summed E-state index contributed by atoms with van der Waals surface area (Å²) in [5, 5.41) is 0. The molecule has 0 aliphatic rings. The van der Waals surface area contributed by atoms with Crippen LogP contribution in [0, 0.1) is 0 Å². The second-order valence-electron chi connectivity index (χ2n) is 2.09. The van der Waals surface area contributed by atoms with E-state index in [2.05, 4.69) is 0 Å². The number of hydrogen-bond donors (Lipinski definition) is 0. The van der Waals surface area contributed by atoms with Crippen molar-refractivity contribution < 1.29 is 62.3 Å². The van der Waals surface area contributed by atoms with E-state index in [1.54, 1.807) is 19.1 Å². The van der Waals surface area contributed by atoms with E-state index < -0.39 is 0 Å². The Morgan fingerprint density at radius 1 is 1.42 bits per heavy atom. The first kappa shape index (κ1) is 12.3. The van der Waals surface area contributed by atoms with Crippen LogP contribution in [0.3, 0.4) is 0 Å². The Balaban J connectivity index is 0. The first-order valence-corrected chi connectivity index (χ1v) is 3.56. The van der Waals surface area contributed by atoms with Gasteiger partial charge >= 0.3 is 57.4 Å². The van der Waals surface area contributed by atoms with Crippen molar-refractivity contribution in [1.82, 2.24) is 0 Å². The second-order valence-corrected chi connectivity index (χ2v) is 2.09. The summed E-state index contributed by atoms with van der Waals surface area (Å²) in [5.41, 5.74) is 0.606. The summed E-state index contributed by atoms with van der Waals surface area (Å²) in [4.78, 5) is 11.0. The van der Waals surface area contributed by atoms with E-state index in [1.807, 2.05) is 18.2 Å². The molecule has 0 saturated heterocycles. The molecule has 0 radical (unpaired) electrons. The standard InChI is InChI=1S/C9H10O2.K.H/c1-2-11-9(10)8-6-4-3-5-7-8;;/h3-7H,2H2,1H3;;/q;+1;-1. The molecule has 60 valence electrons. The summed E-state index contributed by atoms with van der Waals surface area (Å²) in [6.45, 7) is 2.22. The molecule has 12 heavy (non-hydrogen) atoms. The number of benzene rings is 1. The van der Waals surface area contributed by atoms with Crippen LogP contribution in [0.15, 0.2) is 30.3 Å². The van der Waals surface area contributed by atoms with Crippen molar-refractivity contribution in [3.05, 3.63) is 35.9 Å². The molecular formula is C9H11KO2. The van der Waals surface area contributed by atoms with Gasteiger partial charge in [-0.2, -0.15) is 0 Å². The fourth-order valence-electron chi connectivity index (χ4n) is 0.789.